The third-order valence-electron chi connectivity index (χ3n) is 5.86. The summed E-state index contributed by atoms with van der Waals surface area (Å²) in [5.74, 6) is -0.232. The van der Waals surface area contributed by atoms with Gasteiger partial charge in [0, 0.05) is 42.7 Å². The van der Waals surface area contributed by atoms with Crippen molar-refractivity contribution in [3.8, 4) is 11.3 Å². The number of nitrogens with one attached hydrogen (secondary N) is 1. The first kappa shape index (κ1) is 17.9. The second kappa shape index (κ2) is 6.70. The predicted octanol–water partition coefficient (Wildman–Crippen LogP) is 2.04. The molecule has 29 heavy (non-hydrogen) atoms. The van der Waals surface area contributed by atoms with Gasteiger partial charge in [-0.2, -0.15) is 5.10 Å². The summed E-state index contributed by atoms with van der Waals surface area (Å²) in [5.41, 5.74) is 2.30. The average molecular weight is 390 g/mol. The van der Waals surface area contributed by atoms with Crippen LogP contribution in [0.25, 0.3) is 22.2 Å². The van der Waals surface area contributed by atoms with Crippen LogP contribution in [0.15, 0.2) is 48.5 Å². The molecule has 148 valence electrons. The number of aromatic amines is 1. The summed E-state index contributed by atoms with van der Waals surface area (Å²) < 4.78 is 0. The van der Waals surface area contributed by atoms with E-state index in [1.165, 1.54) is 0 Å². The van der Waals surface area contributed by atoms with Gasteiger partial charge in [-0.05, 0) is 31.0 Å². The number of rotatable bonds is 3. The lowest BCUT2D eigenvalue weighted by Gasteiger charge is -2.35. The number of benzene rings is 2. The van der Waals surface area contributed by atoms with Crippen molar-refractivity contribution >= 4 is 22.7 Å². The van der Waals surface area contributed by atoms with E-state index >= 15 is 0 Å². The molecular weight excluding hydrogens is 368 g/mol. The number of fused-ring (bicyclic) bond motifs is 1. The lowest BCUT2D eigenvalue weighted by Crippen LogP contribution is -2.53. The molecule has 7 nitrogen and oxygen atoms in total. The molecule has 3 aromatic rings. The summed E-state index contributed by atoms with van der Waals surface area (Å²) >= 11 is 0. The molecule has 1 aliphatic carbocycles. The summed E-state index contributed by atoms with van der Waals surface area (Å²) in [7, 11) is 0. The van der Waals surface area contributed by atoms with Crippen molar-refractivity contribution in [1.82, 2.24) is 20.0 Å². The second-order valence-electron chi connectivity index (χ2n) is 7.81. The molecule has 1 aliphatic heterocycles. The van der Waals surface area contributed by atoms with Gasteiger partial charge in [0.05, 0.1) is 11.2 Å². The maximum atomic E-state index is 12.8. The summed E-state index contributed by atoms with van der Waals surface area (Å²) in [6.07, 6.45) is 1.09. The molecule has 0 radical (unpaired) electrons. The standard InChI is InChI=1S/C22H22N4O3/c27-20(25-11-13-26(14-12-25)21(28)22(29)9-10-22)16-7-5-15(6-8-16)19-17-3-1-2-4-18(17)23-24-19/h1-8,29H,9-14H2,(H,23,24). The quantitative estimate of drug-likeness (QED) is 0.716. The topological polar surface area (TPSA) is 89.5 Å². The first-order chi connectivity index (χ1) is 14.0. The molecule has 2 fully saturated rings. The maximum Gasteiger partial charge on any atom is 0.254 e. The highest BCUT2D eigenvalue weighted by Crippen LogP contribution is 2.37. The minimum atomic E-state index is -1.14. The number of hydrogen-bond donors (Lipinski definition) is 2. The molecule has 7 heteroatoms. The van der Waals surface area contributed by atoms with Crippen LogP contribution in [0.1, 0.15) is 23.2 Å². The Morgan fingerprint density at radius 3 is 2.28 bits per heavy atom. The van der Waals surface area contributed by atoms with Gasteiger partial charge < -0.3 is 14.9 Å². The van der Waals surface area contributed by atoms with Gasteiger partial charge in [-0.15, -0.1) is 0 Å². The van der Waals surface area contributed by atoms with E-state index in [1.54, 1.807) is 9.80 Å². The number of carbonyl (C=O) groups is 2. The third kappa shape index (κ3) is 3.17. The Morgan fingerprint density at radius 1 is 0.931 bits per heavy atom. The van der Waals surface area contributed by atoms with Gasteiger partial charge in [0.15, 0.2) is 0 Å². The first-order valence-electron chi connectivity index (χ1n) is 9.90. The Kier molecular flexibility index (Phi) is 4.13. The smallest absolute Gasteiger partial charge is 0.254 e. The van der Waals surface area contributed by atoms with Gasteiger partial charge in [-0.3, -0.25) is 14.7 Å². The van der Waals surface area contributed by atoms with Crippen LogP contribution in [-0.4, -0.2) is 68.7 Å². The molecule has 1 saturated carbocycles. The Labute approximate surface area is 167 Å². The Hall–Kier alpha value is -3.19. The molecule has 5 rings (SSSR count). The zero-order chi connectivity index (χ0) is 20.0. The van der Waals surface area contributed by atoms with Gasteiger partial charge in [-0.1, -0.05) is 30.3 Å². The van der Waals surface area contributed by atoms with E-state index in [4.69, 9.17) is 0 Å². The van der Waals surface area contributed by atoms with Crippen molar-refractivity contribution < 1.29 is 14.7 Å². The van der Waals surface area contributed by atoms with E-state index in [1.807, 2.05) is 48.5 Å². The summed E-state index contributed by atoms with van der Waals surface area (Å²) in [4.78, 5) is 28.5. The number of para-hydroxylation sites is 1. The summed E-state index contributed by atoms with van der Waals surface area (Å²) in [5, 5.41) is 18.4. The number of piperazine rings is 1. The minimum Gasteiger partial charge on any atom is -0.380 e. The van der Waals surface area contributed by atoms with Crippen LogP contribution in [0.4, 0.5) is 0 Å². The number of aliphatic hydroxyl groups is 1. The molecule has 2 heterocycles. The van der Waals surface area contributed by atoms with E-state index in [-0.39, 0.29) is 11.8 Å². The van der Waals surface area contributed by atoms with E-state index in [9.17, 15) is 14.7 Å². The highest BCUT2D eigenvalue weighted by Gasteiger charge is 2.50. The van der Waals surface area contributed by atoms with Crippen molar-refractivity contribution in [2.75, 3.05) is 26.2 Å². The fourth-order valence-electron chi connectivity index (χ4n) is 3.88. The number of carbonyl (C=O) groups excluding carboxylic acids is 2. The monoisotopic (exact) mass is 390 g/mol. The van der Waals surface area contributed by atoms with E-state index < -0.39 is 5.60 Å². The highest BCUT2D eigenvalue weighted by molar-refractivity contribution is 5.96. The number of aromatic nitrogens is 2. The van der Waals surface area contributed by atoms with Crippen LogP contribution in [0.2, 0.25) is 0 Å². The van der Waals surface area contributed by atoms with Gasteiger partial charge >= 0.3 is 0 Å². The van der Waals surface area contributed by atoms with Gasteiger partial charge in [0.1, 0.15) is 5.60 Å². The lowest BCUT2D eigenvalue weighted by atomic mass is 10.1. The Bertz CT molecular complexity index is 1080. The molecule has 2 amide bonds. The molecule has 2 N–H and O–H groups in total. The van der Waals surface area contributed by atoms with Crippen molar-refractivity contribution in [3.63, 3.8) is 0 Å². The van der Waals surface area contributed by atoms with Crippen LogP contribution in [0.5, 0.6) is 0 Å². The van der Waals surface area contributed by atoms with Gasteiger partial charge in [-0.25, -0.2) is 0 Å². The lowest BCUT2D eigenvalue weighted by molar-refractivity contribution is -0.143. The molecular formula is C22H22N4O3. The van der Waals surface area contributed by atoms with E-state index in [0.717, 1.165) is 22.2 Å². The minimum absolute atomic E-state index is 0.0387. The summed E-state index contributed by atoms with van der Waals surface area (Å²) in [6, 6.07) is 15.4. The molecule has 0 unspecified atom stereocenters. The van der Waals surface area contributed by atoms with Crippen LogP contribution >= 0.6 is 0 Å². The van der Waals surface area contributed by atoms with Gasteiger partial charge in [0.2, 0.25) is 0 Å². The highest BCUT2D eigenvalue weighted by atomic mass is 16.3. The SMILES string of the molecule is O=C(c1ccc(-c2[nH]nc3ccccc23)cc1)N1CCN(C(=O)C2(O)CC2)CC1. The van der Waals surface area contributed by atoms with Gasteiger partial charge in [0.25, 0.3) is 11.8 Å². The molecule has 0 atom stereocenters. The normalized spacial score (nSPS) is 18.1. The number of hydrogen-bond acceptors (Lipinski definition) is 4. The molecule has 0 spiro atoms. The van der Waals surface area contributed by atoms with Crippen LogP contribution < -0.4 is 0 Å². The molecule has 1 aromatic heterocycles. The van der Waals surface area contributed by atoms with Crippen molar-refractivity contribution in [2.45, 2.75) is 18.4 Å². The number of H-pyrrole nitrogens is 1. The maximum absolute atomic E-state index is 12.8. The molecule has 2 aliphatic rings. The third-order valence-corrected chi connectivity index (χ3v) is 5.86. The van der Waals surface area contributed by atoms with Crippen molar-refractivity contribution in [2.24, 2.45) is 0 Å². The fourth-order valence-corrected chi connectivity index (χ4v) is 3.88. The van der Waals surface area contributed by atoms with Crippen molar-refractivity contribution in [3.05, 3.63) is 54.1 Å². The molecule has 1 saturated heterocycles. The predicted molar refractivity (Wildman–Crippen MR) is 108 cm³/mol. The number of nitrogens with zero attached hydrogens (tertiary/aromatic N) is 3. The Balaban J connectivity index is 1.27. The first-order valence-corrected chi connectivity index (χ1v) is 9.90. The largest absolute Gasteiger partial charge is 0.380 e. The van der Waals surface area contributed by atoms with E-state index in [0.29, 0.717) is 44.6 Å². The molecule has 0 bridgehead atoms. The fraction of sp³-hybridized carbons (Fsp3) is 0.318. The van der Waals surface area contributed by atoms with Crippen LogP contribution in [-0.2, 0) is 4.79 Å². The number of amides is 2. The second-order valence-corrected chi connectivity index (χ2v) is 7.81. The summed E-state index contributed by atoms with van der Waals surface area (Å²) in [6.45, 7) is 1.89. The van der Waals surface area contributed by atoms with Crippen molar-refractivity contribution in [1.29, 1.82) is 0 Å². The molecule has 2 aromatic carbocycles. The van der Waals surface area contributed by atoms with E-state index in [2.05, 4.69) is 10.2 Å². The average Bonchev–Trinajstić information content (AvgIpc) is 3.38. The van der Waals surface area contributed by atoms with Crippen LogP contribution in [0.3, 0.4) is 0 Å². The zero-order valence-electron chi connectivity index (χ0n) is 16.0. The Morgan fingerprint density at radius 2 is 1.59 bits per heavy atom. The zero-order valence-corrected chi connectivity index (χ0v) is 16.0. The van der Waals surface area contributed by atoms with Crippen LogP contribution in [0, 0.1) is 0 Å².